The van der Waals surface area contributed by atoms with E-state index < -0.39 is 0 Å². The quantitative estimate of drug-likeness (QED) is 0.843. The molecule has 0 radical (unpaired) electrons. The zero-order valence-corrected chi connectivity index (χ0v) is 9.59. The van der Waals surface area contributed by atoms with Crippen LogP contribution >= 0.6 is 0 Å². The van der Waals surface area contributed by atoms with Crippen molar-refractivity contribution >= 4 is 0 Å². The Bertz CT molecular complexity index is 461. The van der Waals surface area contributed by atoms with Crippen molar-refractivity contribution in [3.8, 4) is 0 Å². The van der Waals surface area contributed by atoms with Gasteiger partial charge in [-0.1, -0.05) is 30.3 Å². The second-order valence-electron chi connectivity index (χ2n) is 3.96. The number of aromatic nitrogens is 3. The van der Waals surface area contributed by atoms with E-state index in [4.69, 9.17) is 5.73 Å². The van der Waals surface area contributed by atoms with Gasteiger partial charge in [0.1, 0.15) is 11.6 Å². The first-order chi connectivity index (χ1) is 7.68. The predicted molar refractivity (Wildman–Crippen MR) is 62.8 cm³/mol. The number of hydrogen-bond acceptors (Lipinski definition) is 3. The van der Waals surface area contributed by atoms with Gasteiger partial charge < -0.3 is 10.3 Å². The summed E-state index contributed by atoms with van der Waals surface area (Å²) in [6.45, 7) is 1.92. The van der Waals surface area contributed by atoms with E-state index in [0.717, 1.165) is 18.1 Å². The molecule has 1 atom stereocenters. The number of benzene rings is 1. The average Bonchev–Trinajstić information content (AvgIpc) is 2.61. The zero-order valence-electron chi connectivity index (χ0n) is 9.59. The van der Waals surface area contributed by atoms with Gasteiger partial charge in [0.2, 0.25) is 0 Å². The van der Waals surface area contributed by atoms with Crippen LogP contribution in [-0.2, 0) is 13.5 Å². The topological polar surface area (TPSA) is 56.7 Å². The van der Waals surface area contributed by atoms with Crippen LogP contribution in [0.4, 0.5) is 0 Å². The van der Waals surface area contributed by atoms with Crippen LogP contribution < -0.4 is 5.73 Å². The van der Waals surface area contributed by atoms with Crippen LogP contribution in [0.1, 0.15) is 23.3 Å². The summed E-state index contributed by atoms with van der Waals surface area (Å²) < 4.78 is 1.94. The lowest BCUT2D eigenvalue weighted by Crippen LogP contribution is -2.18. The Balaban J connectivity index is 2.15. The van der Waals surface area contributed by atoms with E-state index in [1.807, 2.05) is 36.7 Å². The lowest BCUT2D eigenvalue weighted by Gasteiger charge is -2.10. The molecule has 0 fully saturated rings. The van der Waals surface area contributed by atoms with Crippen LogP contribution in [0.15, 0.2) is 30.3 Å². The summed E-state index contributed by atoms with van der Waals surface area (Å²) in [6, 6.07) is 10.1. The number of rotatable bonds is 3. The van der Waals surface area contributed by atoms with Crippen LogP contribution in [0.2, 0.25) is 0 Å². The highest BCUT2D eigenvalue weighted by Crippen LogP contribution is 2.13. The van der Waals surface area contributed by atoms with Gasteiger partial charge in [-0.25, -0.2) is 0 Å². The van der Waals surface area contributed by atoms with Crippen LogP contribution in [0, 0.1) is 6.92 Å². The van der Waals surface area contributed by atoms with Crippen molar-refractivity contribution in [1.82, 2.24) is 14.8 Å². The minimum Gasteiger partial charge on any atom is -0.321 e. The Kier molecular flexibility index (Phi) is 3.01. The Labute approximate surface area is 95.1 Å². The maximum atomic E-state index is 6.12. The predicted octanol–water partition coefficient (Wildman–Crippen LogP) is 1.37. The van der Waals surface area contributed by atoms with E-state index in [0.29, 0.717) is 0 Å². The van der Waals surface area contributed by atoms with Crippen molar-refractivity contribution in [1.29, 1.82) is 0 Å². The van der Waals surface area contributed by atoms with Gasteiger partial charge in [0.05, 0.1) is 6.04 Å². The summed E-state index contributed by atoms with van der Waals surface area (Å²) in [7, 11) is 1.94. The van der Waals surface area contributed by atoms with Gasteiger partial charge in [0.15, 0.2) is 0 Å². The normalized spacial score (nSPS) is 12.7. The maximum absolute atomic E-state index is 6.12. The Hall–Kier alpha value is -1.68. The highest BCUT2D eigenvalue weighted by Gasteiger charge is 2.14. The van der Waals surface area contributed by atoms with Crippen molar-refractivity contribution < 1.29 is 0 Å². The molecule has 0 saturated heterocycles. The third-order valence-corrected chi connectivity index (χ3v) is 2.76. The van der Waals surface area contributed by atoms with Gasteiger partial charge in [-0.3, -0.25) is 0 Å². The van der Waals surface area contributed by atoms with Gasteiger partial charge in [0.25, 0.3) is 0 Å². The van der Waals surface area contributed by atoms with Gasteiger partial charge in [-0.05, 0) is 18.9 Å². The third-order valence-electron chi connectivity index (χ3n) is 2.76. The van der Waals surface area contributed by atoms with Crippen LogP contribution in [0.25, 0.3) is 0 Å². The van der Waals surface area contributed by atoms with Crippen LogP contribution in [0.5, 0.6) is 0 Å². The minimum atomic E-state index is -0.103. The van der Waals surface area contributed by atoms with Crippen molar-refractivity contribution in [3.05, 3.63) is 47.5 Å². The first-order valence-corrected chi connectivity index (χ1v) is 5.34. The monoisotopic (exact) mass is 216 g/mol. The second kappa shape index (κ2) is 4.45. The molecule has 1 aromatic heterocycles. The number of nitrogens with zero attached hydrogens (tertiary/aromatic N) is 3. The molecule has 84 valence electrons. The fraction of sp³-hybridized carbons (Fsp3) is 0.333. The largest absolute Gasteiger partial charge is 0.321 e. The molecule has 4 nitrogen and oxygen atoms in total. The fourth-order valence-electron chi connectivity index (χ4n) is 1.71. The van der Waals surface area contributed by atoms with Crippen molar-refractivity contribution in [2.45, 2.75) is 19.4 Å². The zero-order chi connectivity index (χ0) is 11.5. The second-order valence-corrected chi connectivity index (χ2v) is 3.96. The summed E-state index contributed by atoms with van der Waals surface area (Å²) in [5.41, 5.74) is 7.34. The van der Waals surface area contributed by atoms with E-state index >= 15 is 0 Å². The molecule has 0 aliphatic heterocycles. The lowest BCUT2D eigenvalue weighted by molar-refractivity contribution is 0.626. The van der Waals surface area contributed by atoms with Gasteiger partial charge in [0, 0.05) is 7.05 Å². The highest BCUT2D eigenvalue weighted by molar-refractivity contribution is 5.17. The maximum Gasteiger partial charge on any atom is 0.150 e. The number of nitrogens with two attached hydrogens (primary N) is 1. The van der Waals surface area contributed by atoms with Gasteiger partial charge in [-0.2, -0.15) is 0 Å². The Morgan fingerprint density at radius 3 is 2.50 bits per heavy atom. The van der Waals surface area contributed by atoms with Crippen molar-refractivity contribution in [3.63, 3.8) is 0 Å². The number of aryl methyl sites for hydroxylation is 1. The minimum absolute atomic E-state index is 0.103. The van der Waals surface area contributed by atoms with E-state index in [2.05, 4.69) is 22.3 Å². The molecule has 0 bridgehead atoms. The summed E-state index contributed by atoms with van der Waals surface area (Å²) in [6.07, 6.45) is 0.785. The molecule has 1 heterocycles. The highest BCUT2D eigenvalue weighted by atomic mass is 15.3. The Morgan fingerprint density at radius 2 is 1.94 bits per heavy atom. The molecule has 0 aliphatic carbocycles. The summed E-state index contributed by atoms with van der Waals surface area (Å²) >= 11 is 0. The molecule has 4 heteroatoms. The molecule has 0 saturated carbocycles. The smallest absolute Gasteiger partial charge is 0.150 e. The SMILES string of the molecule is Cc1nnc(C(N)Cc2ccccc2)n1C. The first-order valence-electron chi connectivity index (χ1n) is 5.34. The van der Waals surface area contributed by atoms with E-state index in [9.17, 15) is 0 Å². The molecule has 16 heavy (non-hydrogen) atoms. The van der Waals surface area contributed by atoms with Crippen molar-refractivity contribution in [2.24, 2.45) is 12.8 Å². The standard InChI is InChI=1S/C12H16N4/c1-9-14-15-12(16(9)2)11(13)8-10-6-4-3-5-7-10/h3-7,11H,8,13H2,1-2H3. The fourth-order valence-corrected chi connectivity index (χ4v) is 1.71. The lowest BCUT2D eigenvalue weighted by atomic mass is 10.1. The van der Waals surface area contributed by atoms with Crippen LogP contribution in [-0.4, -0.2) is 14.8 Å². The molecule has 1 unspecified atom stereocenters. The molecular weight excluding hydrogens is 200 g/mol. The number of hydrogen-bond donors (Lipinski definition) is 1. The summed E-state index contributed by atoms with van der Waals surface area (Å²) in [4.78, 5) is 0. The summed E-state index contributed by atoms with van der Waals surface area (Å²) in [5, 5.41) is 8.11. The Morgan fingerprint density at radius 1 is 1.25 bits per heavy atom. The van der Waals surface area contributed by atoms with E-state index in [-0.39, 0.29) is 6.04 Å². The summed E-state index contributed by atoms with van der Waals surface area (Å²) in [5.74, 6) is 1.72. The molecule has 0 aliphatic rings. The van der Waals surface area contributed by atoms with Gasteiger partial charge in [-0.15, -0.1) is 10.2 Å². The van der Waals surface area contributed by atoms with Gasteiger partial charge >= 0.3 is 0 Å². The molecule has 2 N–H and O–H groups in total. The molecule has 0 spiro atoms. The molecule has 1 aromatic carbocycles. The molecular formula is C12H16N4. The van der Waals surface area contributed by atoms with Crippen molar-refractivity contribution in [2.75, 3.05) is 0 Å². The van der Waals surface area contributed by atoms with E-state index in [1.54, 1.807) is 0 Å². The molecule has 2 aromatic rings. The average molecular weight is 216 g/mol. The first kappa shape index (κ1) is 10.8. The molecule has 0 amide bonds. The molecule has 2 rings (SSSR count). The van der Waals surface area contributed by atoms with E-state index in [1.165, 1.54) is 5.56 Å². The third kappa shape index (κ3) is 2.12. The van der Waals surface area contributed by atoms with Crippen LogP contribution in [0.3, 0.4) is 0 Å².